The number of thiazole rings is 1. The van der Waals surface area contributed by atoms with Gasteiger partial charge in [-0.05, 0) is 0 Å². The molecule has 12 heavy (non-hydrogen) atoms. The van der Waals surface area contributed by atoms with Crippen LogP contribution in [-0.4, -0.2) is 20.0 Å². The molecule has 2 heterocycles. The van der Waals surface area contributed by atoms with Gasteiger partial charge in [0.1, 0.15) is 0 Å². The summed E-state index contributed by atoms with van der Waals surface area (Å²) in [5, 5.41) is 8.29. The summed E-state index contributed by atoms with van der Waals surface area (Å²) in [6.45, 7) is 0.520. The molecule has 0 amide bonds. The Bertz CT molecular complexity index is 352. The van der Waals surface area contributed by atoms with Crippen molar-refractivity contribution in [2.24, 2.45) is 5.73 Å². The summed E-state index contributed by atoms with van der Waals surface area (Å²) in [4.78, 5) is 5.17. The van der Waals surface area contributed by atoms with Crippen molar-refractivity contribution in [1.82, 2.24) is 20.0 Å². The maximum Gasteiger partial charge on any atom is 0.211 e. The van der Waals surface area contributed by atoms with Crippen LogP contribution in [0.15, 0.2) is 18.6 Å². The zero-order valence-corrected chi connectivity index (χ0v) is 7.03. The van der Waals surface area contributed by atoms with Gasteiger partial charge in [0.15, 0.2) is 0 Å². The van der Waals surface area contributed by atoms with Gasteiger partial charge in [0.25, 0.3) is 0 Å². The Hall–Kier alpha value is -1.27. The van der Waals surface area contributed by atoms with Crippen molar-refractivity contribution < 1.29 is 0 Å². The fourth-order valence-corrected chi connectivity index (χ4v) is 1.53. The molecular formula is C6H7N5S. The largest absolute Gasteiger partial charge is 0.326 e. The highest BCUT2D eigenvalue weighted by atomic mass is 32.1. The lowest BCUT2D eigenvalue weighted by Crippen LogP contribution is -1.93. The monoisotopic (exact) mass is 181 g/mol. The molecule has 0 bridgehead atoms. The molecule has 0 fully saturated rings. The molecule has 0 aliphatic rings. The van der Waals surface area contributed by atoms with E-state index in [1.165, 1.54) is 11.3 Å². The molecule has 62 valence electrons. The Kier molecular flexibility index (Phi) is 1.84. The number of nitrogens with zero attached hydrogens (tertiary/aromatic N) is 4. The molecule has 0 atom stereocenters. The van der Waals surface area contributed by atoms with E-state index in [1.807, 2.05) is 0 Å². The van der Waals surface area contributed by atoms with E-state index in [4.69, 9.17) is 5.73 Å². The van der Waals surface area contributed by atoms with Crippen molar-refractivity contribution in [3.05, 3.63) is 23.5 Å². The van der Waals surface area contributed by atoms with Gasteiger partial charge in [0.05, 0.1) is 12.4 Å². The first-order chi connectivity index (χ1) is 5.90. The zero-order valence-electron chi connectivity index (χ0n) is 6.21. The van der Waals surface area contributed by atoms with Crippen LogP contribution in [0.5, 0.6) is 0 Å². The van der Waals surface area contributed by atoms with Gasteiger partial charge in [-0.2, -0.15) is 4.68 Å². The quantitative estimate of drug-likeness (QED) is 0.717. The number of rotatable bonds is 2. The van der Waals surface area contributed by atoms with E-state index in [2.05, 4.69) is 15.3 Å². The third-order valence-corrected chi connectivity index (χ3v) is 2.37. The summed E-state index contributed by atoms with van der Waals surface area (Å²) in [6.07, 6.45) is 5.12. The predicted molar refractivity (Wildman–Crippen MR) is 44.9 cm³/mol. The molecule has 0 saturated carbocycles. The number of aromatic nitrogens is 4. The number of nitrogens with two attached hydrogens (primary N) is 1. The van der Waals surface area contributed by atoms with Gasteiger partial charge < -0.3 is 5.73 Å². The predicted octanol–water partition coefficient (Wildman–Crippen LogP) is 0.182. The number of hydrogen-bond acceptors (Lipinski definition) is 5. The standard InChI is InChI=1S/C6H7N5S/c7-3-5-4-8-6(12-5)11-2-1-9-10-11/h1-2,4H,3,7H2. The highest BCUT2D eigenvalue weighted by Gasteiger charge is 2.02. The van der Waals surface area contributed by atoms with Crippen molar-refractivity contribution in [2.75, 3.05) is 0 Å². The Balaban J connectivity index is 2.35. The van der Waals surface area contributed by atoms with Crippen LogP contribution in [0.1, 0.15) is 4.88 Å². The van der Waals surface area contributed by atoms with Gasteiger partial charge in [-0.3, -0.25) is 0 Å². The van der Waals surface area contributed by atoms with Crippen molar-refractivity contribution >= 4 is 11.3 Å². The molecule has 2 N–H and O–H groups in total. The lowest BCUT2D eigenvalue weighted by molar-refractivity contribution is 0.797. The molecule has 5 nitrogen and oxygen atoms in total. The van der Waals surface area contributed by atoms with Gasteiger partial charge >= 0.3 is 0 Å². The summed E-state index contributed by atoms with van der Waals surface area (Å²) in [5.74, 6) is 0. The molecule has 6 heteroatoms. The SMILES string of the molecule is NCc1cnc(-n2ccnn2)s1. The third-order valence-electron chi connectivity index (χ3n) is 1.36. The van der Waals surface area contributed by atoms with E-state index in [0.717, 1.165) is 10.0 Å². The molecule has 2 aromatic rings. The summed E-state index contributed by atoms with van der Waals surface area (Å²) >= 11 is 1.51. The lowest BCUT2D eigenvalue weighted by Gasteiger charge is -1.89. The Morgan fingerprint density at radius 2 is 2.50 bits per heavy atom. The first-order valence-corrected chi connectivity index (χ1v) is 4.23. The lowest BCUT2D eigenvalue weighted by atomic mass is 10.6. The molecule has 0 aliphatic heterocycles. The van der Waals surface area contributed by atoms with E-state index >= 15 is 0 Å². The molecular weight excluding hydrogens is 174 g/mol. The molecule has 2 aromatic heterocycles. The molecule has 0 aliphatic carbocycles. The van der Waals surface area contributed by atoms with Gasteiger partial charge in [-0.15, -0.1) is 5.10 Å². The van der Waals surface area contributed by atoms with Crippen molar-refractivity contribution in [3.63, 3.8) is 0 Å². The molecule has 0 unspecified atom stereocenters. The smallest absolute Gasteiger partial charge is 0.211 e. The number of hydrogen-bond donors (Lipinski definition) is 1. The Morgan fingerprint density at radius 1 is 1.58 bits per heavy atom. The average Bonchev–Trinajstić information content (AvgIpc) is 2.75. The van der Waals surface area contributed by atoms with Crippen molar-refractivity contribution in [2.45, 2.75) is 6.54 Å². The van der Waals surface area contributed by atoms with Crippen LogP contribution in [-0.2, 0) is 6.54 Å². The highest BCUT2D eigenvalue weighted by Crippen LogP contribution is 2.14. The highest BCUT2D eigenvalue weighted by molar-refractivity contribution is 7.14. The summed E-state index contributed by atoms with van der Waals surface area (Å²) in [5.41, 5.74) is 5.44. The maximum atomic E-state index is 5.44. The van der Waals surface area contributed by atoms with Gasteiger partial charge in [0, 0.05) is 17.6 Å². The zero-order chi connectivity index (χ0) is 8.39. The van der Waals surface area contributed by atoms with E-state index in [1.54, 1.807) is 23.3 Å². The van der Waals surface area contributed by atoms with Crippen LogP contribution in [0.4, 0.5) is 0 Å². The van der Waals surface area contributed by atoms with Crippen molar-refractivity contribution in [1.29, 1.82) is 0 Å². The fourth-order valence-electron chi connectivity index (χ4n) is 0.808. The average molecular weight is 181 g/mol. The van der Waals surface area contributed by atoms with Crippen LogP contribution >= 0.6 is 11.3 Å². The third kappa shape index (κ3) is 1.21. The van der Waals surface area contributed by atoms with Crippen LogP contribution in [0.25, 0.3) is 5.13 Å². The molecule has 2 rings (SSSR count). The molecule has 0 aromatic carbocycles. The van der Waals surface area contributed by atoms with Crippen LogP contribution in [0, 0.1) is 0 Å². The molecule has 0 spiro atoms. The molecule has 0 saturated heterocycles. The topological polar surface area (TPSA) is 69.6 Å². The summed E-state index contributed by atoms with van der Waals surface area (Å²) in [6, 6.07) is 0. The normalized spacial score (nSPS) is 10.4. The van der Waals surface area contributed by atoms with Gasteiger partial charge in [-0.1, -0.05) is 16.6 Å². The first kappa shape index (κ1) is 7.38. The van der Waals surface area contributed by atoms with Gasteiger partial charge in [-0.25, -0.2) is 4.98 Å². The van der Waals surface area contributed by atoms with E-state index in [-0.39, 0.29) is 0 Å². The molecule has 0 radical (unpaired) electrons. The van der Waals surface area contributed by atoms with Crippen LogP contribution in [0.2, 0.25) is 0 Å². The fraction of sp³-hybridized carbons (Fsp3) is 0.167. The second-order valence-electron chi connectivity index (χ2n) is 2.16. The minimum absolute atomic E-state index is 0.520. The van der Waals surface area contributed by atoms with E-state index in [0.29, 0.717) is 6.54 Å². The van der Waals surface area contributed by atoms with Crippen molar-refractivity contribution in [3.8, 4) is 5.13 Å². The minimum Gasteiger partial charge on any atom is -0.326 e. The Morgan fingerprint density at radius 3 is 3.08 bits per heavy atom. The van der Waals surface area contributed by atoms with Gasteiger partial charge in [0.2, 0.25) is 5.13 Å². The van der Waals surface area contributed by atoms with E-state index < -0.39 is 0 Å². The van der Waals surface area contributed by atoms with Crippen LogP contribution in [0.3, 0.4) is 0 Å². The maximum absolute atomic E-state index is 5.44. The second kappa shape index (κ2) is 3.00. The first-order valence-electron chi connectivity index (χ1n) is 3.41. The minimum atomic E-state index is 0.520. The second-order valence-corrected chi connectivity index (χ2v) is 3.25. The van der Waals surface area contributed by atoms with E-state index in [9.17, 15) is 0 Å². The summed E-state index contributed by atoms with van der Waals surface area (Å²) < 4.78 is 1.61. The Labute approximate surface area is 72.8 Å². The van der Waals surface area contributed by atoms with Crippen LogP contribution < -0.4 is 5.73 Å². The summed E-state index contributed by atoms with van der Waals surface area (Å²) in [7, 11) is 0.